The van der Waals surface area contributed by atoms with Gasteiger partial charge in [-0.3, -0.25) is 5.14 Å². The molecular weight excluding hydrogens is 468 g/mol. The van der Waals surface area contributed by atoms with Gasteiger partial charge < -0.3 is 0 Å². The summed E-state index contributed by atoms with van der Waals surface area (Å²) in [5.74, 6) is 0.455. The smallest absolute Gasteiger partial charge is 0.0255 e. The summed E-state index contributed by atoms with van der Waals surface area (Å²) in [5.41, 5.74) is 9.53. The molecular formula is C34H40N2S. The van der Waals surface area contributed by atoms with E-state index in [2.05, 4.69) is 96.6 Å². The zero-order valence-corrected chi connectivity index (χ0v) is 22.9. The van der Waals surface area contributed by atoms with E-state index >= 15 is 0 Å². The average molecular weight is 509 g/mol. The first-order valence-electron chi connectivity index (χ1n) is 13.9. The first kappa shape index (κ1) is 26.0. The molecule has 3 aromatic carbocycles. The van der Waals surface area contributed by atoms with Gasteiger partial charge in [-0.15, -0.1) is 0 Å². The highest BCUT2D eigenvalue weighted by atomic mass is 32.2. The highest BCUT2D eigenvalue weighted by Crippen LogP contribution is 2.66. The minimum Gasteiger partial charge on any atom is -0.264 e. The van der Waals surface area contributed by atoms with Crippen LogP contribution in [0.3, 0.4) is 0 Å². The minimum absolute atomic E-state index is 0.0975. The molecule has 0 heterocycles. The van der Waals surface area contributed by atoms with Crippen LogP contribution in [0.4, 0.5) is 0 Å². The first-order chi connectivity index (χ1) is 18.2. The van der Waals surface area contributed by atoms with Crippen LogP contribution in [0.5, 0.6) is 0 Å². The number of fused-ring (bicyclic) bond motifs is 1. The molecule has 192 valence electrons. The molecule has 3 atom stereocenters. The van der Waals surface area contributed by atoms with E-state index in [0.717, 1.165) is 19.3 Å². The van der Waals surface area contributed by atoms with Crippen LogP contribution in [-0.2, 0) is 0 Å². The van der Waals surface area contributed by atoms with E-state index in [-0.39, 0.29) is 5.41 Å². The van der Waals surface area contributed by atoms with Crippen LogP contribution in [0.25, 0.3) is 22.3 Å². The normalized spacial score (nSPS) is 22.9. The summed E-state index contributed by atoms with van der Waals surface area (Å²) in [4.78, 5) is 0. The number of hydrogen-bond acceptors (Lipinski definition) is 3. The molecule has 0 aromatic heterocycles. The molecule has 0 aliphatic heterocycles. The fourth-order valence-corrected chi connectivity index (χ4v) is 7.55. The van der Waals surface area contributed by atoms with E-state index in [9.17, 15) is 0 Å². The lowest BCUT2D eigenvalue weighted by Gasteiger charge is -2.38. The summed E-state index contributed by atoms with van der Waals surface area (Å²) in [7, 11) is 0. The molecule has 3 heteroatoms. The second-order valence-corrected chi connectivity index (χ2v) is 11.2. The van der Waals surface area contributed by atoms with Crippen LogP contribution in [0, 0.1) is 11.3 Å². The fourth-order valence-electron chi connectivity index (χ4n) is 7.09. The number of benzene rings is 3. The van der Waals surface area contributed by atoms with Gasteiger partial charge >= 0.3 is 0 Å². The molecule has 0 saturated heterocycles. The van der Waals surface area contributed by atoms with Gasteiger partial charge in [-0.1, -0.05) is 123 Å². The summed E-state index contributed by atoms with van der Waals surface area (Å²) >= 11 is 1.28. The van der Waals surface area contributed by atoms with Gasteiger partial charge in [-0.25, -0.2) is 4.72 Å². The zero-order chi connectivity index (χ0) is 25.7. The van der Waals surface area contributed by atoms with Crippen molar-refractivity contribution in [3.63, 3.8) is 0 Å². The SMILES string of the molecule is C=C(c1ccccc1-c1ccccc1)C12CCC(NSN)C1CC(CCCCCC)=C2c1ccccc1. The number of nitrogens with two attached hydrogens (primary N) is 1. The number of unbranched alkanes of at least 4 members (excludes halogenated alkanes) is 3. The third-order valence-corrected chi connectivity index (χ3v) is 9.16. The molecule has 3 unspecified atom stereocenters. The average Bonchev–Trinajstić information content (AvgIpc) is 3.47. The largest absolute Gasteiger partial charge is 0.264 e. The van der Waals surface area contributed by atoms with Crippen molar-refractivity contribution in [1.29, 1.82) is 0 Å². The Hall–Kier alpha value is -2.59. The Morgan fingerprint density at radius 1 is 0.919 bits per heavy atom. The van der Waals surface area contributed by atoms with Gasteiger partial charge in [0.15, 0.2) is 0 Å². The van der Waals surface area contributed by atoms with Crippen molar-refractivity contribution in [2.75, 3.05) is 0 Å². The number of nitrogens with one attached hydrogen (secondary N) is 1. The first-order valence-corrected chi connectivity index (χ1v) is 14.8. The lowest BCUT2D eigenvalue weighted by molar-refractivity contribution is 0.366. The second-order valence-electron chi connectivity index (χ2n) is 10.7. The van der Waals surface area contributed by atoms with Crippen LogP contribution in [0.15, 0.2) is 97.1 Å². The van der Waals surface area contributed by atoms with Gasteiger partial charge in [0.1, 0.15) is 0 Å². The van der Waals surface area contributed by atoms with Crippen molar-refractivity contribution >= 4 is 23.3 Å². The molecule has 1 fully saturated rings. The van der Waals surface area contributed by atoms with Crippen LogP contribution in [0.1, 0.15) is 69.4 Å². The molecule has 2 aliphatic rings. The minimum atomic E-state index is -0.0975. The van der Waals surface area contributed by atoms with Crippen LogP contribution in [0.2, 0.25) is 0 Å². The monoisotopic (exact) mass is 508 g/mol. The summed E-state index contributed by atoms with van der Waals surface area (Å²) in [6.07, 6.45) is 9.66. The van der Waals surface area contributed by atoms with E-state index in [1.54, 1.807) is 11.1 Å². The van der Waals surface area contributed by atoms with E-state index in [1.165, 1.54) is 72.1 Å². The number of hydrogen-bond donors (Lipinski definition) is 2. The highest BCUT2D eigenvalue weighted by molar-refractivity contribution is 7.95. The number of rotatable bonds is 11. The maximum atomic E-state index is 5.99. The van der Waals surface area contributed by atoms with E-state index in [1.807, 2.05) is 0 Å². The Morgan fingerprint density at radius 2 is 1.59 bits per heavy atom. The third-order valence-electron chi connectivity index (χ3n) is 8.72. The van der Waals surface area contributed by atoms with Crippen molar-refractivity contribution in [2.45, 2.75) is 64.3 Å². The maximum Gasteiger partial charge on any atom is 0.0255 e. The molecule has 0 radical (unpaired) electrons. The lowest BCUT2D eigenvalue weighted by Crippen LogP contribution is -2.35. The quantitative estimate of drug-likeness (QED) is 0.200. The van der Waals surface area contributed by atoms with Crippen molar-refractivity contribution in [2.24, 2.45) is 16.5 Å². The van der Waals surface area contributed by atoms with Gasteiger partial charge in [-0.05, 0) is 71.4 Å². The van der Waals surface area contributed by atoms with Gasteiger partial charge in [-0.2, -0.15) is 0 Å². The van der Waals surface area contributed by atoms with Crippen molar-refractivity contribution in [3.05, 3.63) is 108 Å². The summed E-state index contributed by atoms with van der Waals surface area (Å²) in [6.45, 7) is 7.23. The molecule has 1 saturated carbocycles. The van der Waals surface area contributed by atoms with E-state index in [4.69, 9.17) is 11.7 Å². The predicted molar refractivity (Wildman–Crippen MR) is 162 cm³/mol. The Labute approximate surface area is 227 Å². The van der Waals surface area contributed by atoms with Gasteiger partial charge in [0.25, 0.3) is 0 Å². The molecule has 5 rings (SSSR count). The van der Waals surface area contributed by atoms with Crippen molar-refractivity contribution in [3.8, 4) is 11.1 Å². The summed E-state index contributed by atoms with van der Waals surface area (Å²) in [6, 6.07) is 31.2. The Morgan fingerprint density at radius 3 is 2.30 bits per heavy atom. The molecule has 2 aliphatic carbocycles. The zero-order valence-electron chi connectivity index (χ0n) is 22.1. The third kappa shape index (κ3) is 4.97. The molecule has 3 aromatic rings. The van der Waals surface area contributed by atoms with Crippen LogP contribution >= 0.6 is 12.1 Å². The predicted octanol–water partition coefficient (Wildman–Crippen LogP) is 9.07. The van der Waals surface area contributed by atoms with Crippen molar-refractivity contribution < 1.29 is 0 Å². The van der Waals surface area contributed by atoms with Gasteiger partial charge in [0.2, 0.25) is 0 Å². The molecule has 3 N–H and O–H groups in total. The number of allylic oxidation sites excluding steroid dienone is 3. The molecule has 2 nitrogen and oxygen atoms in total. The standard InChI is InChI=1S/C34H40N2S/c1-3-4-5-8-19-28-24-31-32(36-37-35)22-23-34(31,33(28)27-17-11-7-12-18-27)25(2)29-20-13-14-21-30(29)26-15-9-6-10-16-26/h6-7,9-18,20-21,31-32,36H,2-5,8,19,22-24,35H2,1H3. The molecule has 0 spiro atoms. The second kappa shape index (κ2) is 11.9. The van der Waals surface area contributed by atoms with E-state index < -0.39 is 0 Å². The van der Waals surface area contributed by atoms with Crippen LogP contribution in [-0.4, -0.2) is 6.04 Å². The van der Waals surface area contributed by atoms with Gasteiger partial charge in [0.05, 0.1) is 0 Å². The Bertz CT molecular complexity index is 1230. The van der Waals surface area contributed by atoms with Gasteiger partial charge in [0, 0.05) is 23.6 Å². The Kier molecular flexibility index (Phi) is 8.34. The van der Waals surface area contributed by atoms with Crippen LogP contribution < -0.4 is 9.86 Å². The van der Waals surface area contributed by atoms with Crippen molar-refractivity contribution in [1.82, 2.24) is 4.72 Å². The summed E-state index contributed by atoms with van der Waals surface area (Å²) in [5, 5.41) is 5.99. The topological polar surface area (TPSA) is 38.0 Å². The molecule has 0 amide bonds. The molecule has 37 heavy (non-hydrogen) atoms. The Balaban J connectivity index is 1.65. The lowest BCUT2D eigenvalue weighted by atomic mass is 9.65. The highest BCUT2D eigenvalue weighted by Gasteiger charge is 2.57. The maximum absolute atomic E-state index is 5.99. The fraction of sp³-hybridized carbons (Fsp3) is 0.353. The van der Waals surface area contributed by atoms with E-state index in [0.29, 0.717) is 12.0 Å². The molecule has 0 bridgehead atoms. The summed E-state index contributed by atoms with van der Waals surface area (Å²) < 4.78 is 3.59.